The van der Waals surface area contributed by atoms with E-state index in [-0.39, 0.29) is 12.3 Å². The largest absolute Gasteiger partial charge is 0.481 e. The van der Waals surface area contributed by atoms with Gasteiger partial charge in [-0.05, 0) is 45.0 Å². The Balaban J connectivity index is 2.07. The van der Waals surface area contributed by atoms with Crippen LogP contribution in [-0.2, 0) is 20.7 Å². The molecular formula is C21H32F2N2O4. The molecule has 0 spiro atoms. The maximum absolute atomic E-state index is 13.5. The van der Waals surface area contributed by atoms with Crippen LogP contribution in [0, 0.1) is 11.6 Å². The fraction of sp³-hybridized carbons (Fsp3) is 0.619. The zero-order valence-electron chi connectivity index (χ0n) is 17.3. The van der Waals surface area contributed by atoms with E-state index in [2.05, 4.69) is 5.32 Å². The van der Waals surface area contributed by atoms with E-state index in [0.29, 0.717) is 38.2 Å². The molecule has 29 heavy (non-hydrogen) atoms. The van der Waals surface area contributed by atoms with Gasteiger partial charge in [-0.25, -0.2) is 8.78 Å². The lowest BCUT2D eigenvalue weighted by atomic mass is 10.1. The van der Waals surface area contributed by atoms with Crippen molar-refractivity contribution in [2.75, 3.05) is 33.9 Å². The van der Waals surface area contributed by atoms with Crippen molar-refractivity contribution in [2.24, 2.45) is 0 Å². The number of carbonyl (C=O) groups excluding carboxylic acids is 1. The number of carboxylic acids is 1. The monoisotopic (exact) mass is 414 g/mol. The number of carbonyl (C=O) groups is 2. The fourth-order valence-corrected chi connectivity index (χ4v) is 2.98. The van der Waals surface area contributed by atoms with Crippen molar-refractivity contribution in [3.63, 3.8) is 0 Å². The summed E-state index contributed by atoms with van der Waals surface area (Å²) >= 11 is 0. The fourth-order valence-electron chi connectivity index (χ4n) is 2.98. The highest BCUT2D eigenvalue weighted by Gasteiger charge is 2.16. The van der Waals surface area contributed by atoms with E-state index in [4.69, 9.17) is 9.84 Å². The van der Waals surface area contributed by atoms with Gasteiger partial charge < -0.3 is 20.1 Å². The third-order valence-electron chi connectivity index (χ3n) is 4.36. The van der Waals surface area contributed by atoms with Gasteiger partial charge in [0.1, 0.15) is 0 Å². The molecule has 164 valence electrons. The Bertz CT molecular complexity index is 641. The molecule has 8 heteroatoms. The summed E-state index contributed by atoms with van der Waals surface area (Å²) in [5.41, 5.74) is 0.312. The molecule has 0 unspecified atom stereocenters. The number of nitrogens with one attached hydrogen (secondary N) is 1. The number of carboxylic acid groups (broad SMARTS) is 1. The van der Waals surface area contributed by atoms with Crippen molar-refractivity contribution >= 4 is 11.9 Å². The second-order valence-corrected chi connectivity index (χ2v) is 7.36. The maximum Gasteiger partial charge on any atom is 0.305 e. The predicted octanol–water partition coefficient (Wildman–Crippen LogP) is 3.00. The summed E-state index contributed by atoms with van der Waals surface area (Å²) < 4.78 is 32.0. The lowest BCUT2D eigenvalue weighted by Crippen LogP contribution is -2.42. The highest BCUT2D eigenvalue weighted by atomic mass is 19.2. The summed E-state index contributed by atoms with van der Waals surface area (Å²) in [6.07, 6.45) is 3.92. The number of amides is 1. The van der Waals surface area contributed by atoms with Crippen molar-refractivity contribution in [1.29, 1.82) is 0 Å². The zero-order valence-corrected chi connectivity index (χ0v) is 17.3. The minimum Gasteiger partial charge on any atom is -0.481 e. The van der Waals surface area contributed by atoms with Crippen LogP contribution in [0.5, 0.6) is 0 Å². The Labute approximate surface area is 171 Å². The Morgan fingerprint density at radius 3 is 2.55 bits per heavy atom. The molecule has 0 saturated heterocycles. The molecule has 1 rings (SSSR count). The molecule has 1 aromatic carbocycles. The van der Waals surface area contributed by atoms with E-state index in [1.165, 1.54) is 6.07 Å². The van der Waals surface area contributed by atoms with Gasteiger partial charge in [-0.15, -0.1) is 0 Å². The molecular weight excluding hydrogens is 382 g/mol. The highest BCUT2D eigenvalue weighted by molar-refractivity contribution is 5.77. The van der Waals surface area contributed by atoms with Crippen LogP contribution < -0.4 is 5.32 Å². The van der Waals surface area contributed by atoms with E-state index in [1.54, 1.807) is 6.07 Å². The number of aliphatic carboxylic acids is 1. The van der Waals surface area contributed by atoms with Crippen molar-refractivity contribution in [3.8, 4) is 0 Å². The van der Waals surface area contributed by atoms with E-state index in [0.717, 1.165) is 31.7 Å². The van der Waals surface area contributed by atoms with Gasteiger partial charge in [-0.3, -0.25) is 9.59 Å². The van der Waals surface area contributed by atoms with E-state index < -0.39 is 23.6 Å². The molecule has 0 bridgehead atoms. The van der Waals surface area contributed by atoms with Crippen LogP contribution in [0.4, 0.5) is 8.78 Å². The molecule has 1 amide bonds. The van der Waals surface area contributed by atoms with Gasteiger partial charge >= 0.3 is 5.97 Å². The number of rotatable bonds is 15. The van der Waals surface area contributed by atoms with Gasteiger partial charge in [0.15, 0.2) is 11.6 Å². The minimum atomic E-state index is -0.933. The summed E-state index contributed by atoms with van der Waals surface area (Å²) in [7, 11) is 3.66. The van der Waals surface area contributed by atoms with Crippen LogP contribution in [0.3, 0.4) is 0 Å². The Kier molecular flexibility index (Phi) is 12.1. The number of nitrogens with zero attached hydrogens (tertiary/aromatic N) is 1. The smallest absolute Gasteiger partial charge is 0.305 e. The second kappa shape index (κ2) is 14.0. The highest BCUT2D eigenvalue weighted by Crippen LogP contribution is 2.12. The van der Waals surface area contributed by atoms with Crippen molar-refractivity contribution < 1.29 is 28.2 Å². The number of hydrogen-bond acceptors (Lipinski definition) is 4. The lowest BCUT2D eigenvalue weighted by Gasteiger charge is -2.20. The van der Waals surface area contributed by atoms with Crippen molar-refractivity contribution in [1.82, 2.24) is 10.2 Å². The van der Waals surface area contributed by atoms with Crippen LogP contribution in [0.25, 0.3) is 0 Å². The van der Waals surface area contributed by atoms with E-state index in [9.17, 15) is 18.4 Å². The minimum absolute atomic E-state index is 0.0964. The van der Waals surface area contributed by atoms with Gasteiger partial charge in [0.25, 0.3) is 0 Å². The summed E-state index contributed by atoms with van der Waals surface area (Å²) in [5.74, 6) is -2.73. The van der Waals surface area contributed by atoms with E-state index in [1.807, 2.05) is 19.0 Å². The summed E-state index contributed by atoms with van der Waals surface area (Å²) in [6, 6.07) is 3.72. The number of benzene rings is 1. The maximum atomic E-state index is 13.5. The molecule has 2 N–H and O–H groups in total. The van der Waals surface area contributed by atoms with Crippen LogP contribution in [-0.4, -0.2) is 61.8 Å². The number of unbranched alkanes of at least 4 members (excludes halogenated alkanes) is 3. The Morgan fingerprint density at radius 1 is 1.14 bits per heavy atom. The molecule has 6 nitrogen and oxygen atoms in total. The number of halogens is 2. The Morgan fingerprint density at radius 2 is 1.86 bits per heavy atom. The molecule has 0 aliphatic rings. The van der Waals surface area contributed by atoms with Gasteiger partial charge in [0, 0.05) is 19.6 Å². The average molecular weight is 414 g/mol. The lowest BCUT2D eigenvalue weighted by molar-refractivity contribution is -0.137. The van der Waals surface area contributed by atoms with Gasteiger partial charge in [0.2, 0.25) is 5.91 Å². The van der Waals surface area contributed by atoms with Crippen LogP contribution >= 0.6 is 0 Å². The molecule has 0 aliphatic heterocycles. The molecule has 1 atom stereocenters. The van der Waals surface area contributed by atoms with Gasteiger partial charge in [-0.1, -0.05) is 25.0 Å². The SMILES string of the molecule is CN(C)C[C@@H](CC(=O)O)NC(=O)CCCCCCOCCc1cccc(F)c1F. The molecule has 1 aromatic rings. The molecule has 0 saturated carbocycles. The molecule has 0 aromatic heterocycles. The summed E-state index contributed by atoms with van der Waals surface area (Å²) in [4.78, 5) is 24.7. The van der Waals surface area contributed by atoms with Crippen molar-refractivity contribution in [2.45, 2.75) is 51.0 Å². The summed E-state index contributed by atoms with van der Waals surface area (Å²) in [6.45, 7) is 1.35. The quantitative estimate of drug-likeness (QED) is 0.432. The zero-order chi connectivity index (χ0) is 21.6. The topological polar surface area (TPSA) is 78.9 Å². The normalized spacial score (nSPS) is 12.2. The average Bonchev–Trinajstić information content (AvgIpc) is 2.62. The first-order chi connectivity index (χ1) is 13.8. The van der Waals surface area contributed by atoms with E-state index >= 15 is 0 Å². The first-order valence-electron chi connectivity index (χ1n) is 9.96. The Hall–Kier alpha value is -2.06. The third-order valence-corrected chi connectivity index (χ3v) is 4.36. The molecule has 0 heterocycles. The second-order valence-electron chi connectivity index (χ2n) is 7.36. The van der Waals surface area contributed by atoms with Crippen LogP contribution in [0.15, 0.2) is 18.2 Å². The number of ether oxygens (including phenoxy) is 1. The first-order valence-corrected chi connectivity index (χ1v) is 9.96. The molecule has 0 radical (unpaired) electrons. The van der Waals surface area contributed by atoms with Gasteiger partial charge in [-0.2, -0.15) is 0 Å². The van der Waals surface area contributed by atoms with Crippen molar-refractivity contribution in [3.05, 3.63) is 35.4 Å². The standard InChI is InChI=1S/C21H32F2N2O4/c1-25(2)15-17(14-20(27)28)24-19(26)10-5-3-4-6-12-29-13-11-16-8-7-9-18(22)21(16)23/h7-9,17H,3-6,10-15H2,1-2H3,(H,24,26)(H,27,28)/t17-/m1/s1. The summed E-state index contributed by atoms with van der Waals surface area (Å²) in [5, 5.41) is 11.7. The van der Waals surface area contributed by atoms with Crippen LogP contribution in [0.2, 0.25) is 0 Å². The molecule has 0 aliphatic carbocycles. The van der Waals surface area contributed by atoms with Gasteiger partial charge in [0.05, 0.1) is 19.1 Å². The van der Waals surface area contributed by atoms with Crippen LogP contribution in [0.1, 0.15) is 44.1 Å². The predicted molar refractivity (Wildman–Crippen MR) is 107 cm³/mol. The first kappa shape index (κ1) is 25.0. The molecule has 0 fully saturated rings. The number of likely N-dealkylation sites (N-methyl/N-ethyl adjacent to an activating group) is 1. The number of hydrogen-bond donors (Lipinski definition) is 2. The third kappa shape index (κ3) is 11.5.